The van der Waals surface area contributed by atoms with Gasteiger partial charge in [0.2, 0.25) is 5.91 Å². The van der Waals surface area contributed by atoms with Gasteiger partial charge in [-0.05, 0) is 43.9 Å². The normalized spacial score (nSPS) is 29.7. The van der Waals surface area contributed by atoms with Gasteiger partial charge in [0.1, 0.15) is 5.84 Å². The van der Waals surface area contributed by atoms with Gasteiger partial charge in [0.15, 0.2) is 0 Å². The van der Waals surface area contributed by atoms with Crippen LogP contribution >= 0.6 is 0 Å². The second-order valence-electron chi connectivity index (χ2n) is 5.95. The van der Waals surface area contributed by atoms with Crippen molar-refractivity contribution in [2.75, 3.05) is 13.1 Å². The predicted octanol–water partition coefficient (Wildman–Crippen LogP) is 1.80. The van der Waals surface area contributed by atoms with E-state index in [4.69, 9.17) is 10.9 Å². The lowest BCUT2D eigenvalue weighted by atomic mass is 9.86. The number of nitrogens with zero attached hydrogens (tertiary/aromatic N) is 2. The Labute approximate surface area is 114 Å². The molecule has 1 amide bonds. The predicted molar refractivity (Wildman–Crippen MR) is 73.8 cm³/mol. The van der Waals surface area contributed by atoms with Gasteiger partial charge in [0, 0.05) is 25.9 Å². The van der Waals surface area contributed by atoms with Gasteiger partial charge in [-0.25, -0.2) is 0 Å². The number of nitrogens with two attached hydrogens (primary N) is 1. The molecule has 0 aromatic heterocycles. The molecule has 5 heteroatoms. The summed E-state index contributed by atoms with van der Waals surface area (Å²) < 4.78 is 0. The minimum atomic E-state index is 0.186. The highest BCUT2D eigenvalue weighted by Crippen LogP contribution is 2.49. The molecule has 108 valence electrons. The molecule has 2 aliphatic rings. The van der Waals surface area contributed by atoms with E-state index in [9.17, 15) is 4.79 Å². The Hall–Kier alpha value is -1.26. The number of amides is 1. The van der Waals surface area contributed by atoms with Crippen molar-refractivity contribution in [3.05, 3.63) is 0 Å². The van der Waals surface area contributed by atoms with Crippen LogP contribution in [0.1, 0.15) is 45.4 Å². The van der Waals surface area contributed by atoms with Gasteiger partial charge in [-0.1, -0.05) is 11.6 Å². The maximum atomic E-state index is 12.3. The molecule has 2 rings (SSSR count). The smallest absolute Gasteiger partial charge is 0.222 e. The van der Waals surface area contributed by atoms with E-state index in [0.29, 0.717) is 31.8 Å². The number of carbonyl (C=O) groups is 1. The van der Waals surface area contributed by atoms with E-state index in [-0.39, 0.29) is 11.7 Å². The van der Waals surface area contributed by atoms with Gasteiger partial charge in [0.25, 0.3) is 0 Å². The van der Waals surface area contributed by atoms with Crippen LogP contribution in [0.5, 0.6) is 0 Å². The van der Waals surface area contributed by atoms with Crippen LogP contribution in [0.15, 0.2) is 5.16 Å². The summed E-state index contributed by atoms with van der Waals surface area (Å²) in [6, 6.07) is 0. The minimum Gasteiger partial charge on any atom is -0.409 e. The summed E-state index contributed by atoms with van der Waals surface area (Å²) in [6.45, 7) is 3.22. The van der Waals surface area contributed by atoms with Crippen molar-refractivity contribution < 1.29 is 10.0 Å². The molecule has 0 spiro atoms. The Kier molecular flexibility index (Phi) is 4.66. The third-order valence-corrected chi connectivity index (χ3v) is 4.82. The lowest BCUT2D eigenvalue weighted by Gasteiger charge is -2.26. The summed E-state index contributed by atoms with van der Waals surface area (Å²) >= 11 is 0. The van der Waals surface area contributed by atoms with E-state index in [1.807, 2.05) is 11.8 Å². The summed E-state index contributed by atoms with van der Waals surface area (Å²) in [7, 11) is 0. The first-order valence-electron chi connectivity index (χ1n) is 7.38. The zero-order valence-electron chi connectivity index (χ0n) is 11.7. The molecule has 19 heavy (non-hydrogen) atoms. The van der Waals surface area contributed by atoms with E-state index in [1.165, 1.54) is 25.7 Å². The number of carbonyl (C=O) groups excluding carboxylic acids is 1. The van der Waals surface area contributed by atoms with Crippen LogP contribution in [-0.2, 0) is 4.79 Å². The lowest BCUT2D eigenvalue weighted by Crippen LogP contribution is -2.35. The third-order valence-electron chi connectivity index (χ3n) is 4.82. The molecule has 2 bridgehead atoms. The molecule has 2 aliphatic carbocycles. The van der Waals surface area contributed by atoms with E-state index >= 15 is 0 Å². The molecule has 0 aromatic rings. The molecule has 0 heterocycles. The quantitative estimate of drug-likeness (QED) is 0.333. The summed E-state index contributed by atoms with van der Waals surface area (Å²) in [5, 5.41) is 11.5. The highest BCUT2D eigenvalue weighted by atomic mass is 16.4. The second kappa shape index (κ2) is 6.26. The zero-order valence-corrected chi connectivity index (χ0v) is 11.7. The minimum absolute atomic E-state index is 0.186. The molecule has 2 saturated carbocycles. The summed E-state index contributed by atoms with van der Waals surface area (Å²) in [5.74, 6) is 2.69. The van der Waals surface area contributed by atoms with Crippen LogP contribution in [0.3, 0.4) is 0 Å². The molecule has 0 aromatic carbocycles. The Morgan fingerprint density at radius 3 is 2.74 bits per heavy atom. The van der Waals surface area contributed by atoms with Crippen molar-refractivity contribution in [3.63, 3.8) is 0 Å². The van der Waals surface area contributed by atoms with Crippen molar-refractivity contribution in [3.8, 4) is 0 Å². The zero-order chi connectivity index (χ0) is 13.8. The van der Waals surface area contributed by atoms with Crippen molar-refractivity contribution in [1.82, 2.24) is 4.90 Å². The number of hydrogen-bond acceptors (Lipinski definition) is 3. The number of rotatable bonds is 6. The van der Waals surface area contributed by atoms with Gasteiger partial charge in [0.05, 0.1) is 0 Å². The number of amidine groups is 1. The molecule has 0 radical (unpaired) electrons. The Morgan fingerprint density at radius 2 is 2.21 bits per heavy atom. The maximum Gasteiger partial charge on any atom is 0.222 e. The van der Waals surface area contributed by atoms with E-state index in [2.05, 4.69) is 5.16 Å². The first-order chi connectivity index (χ1) is 9.13. The van der Waals surface area contributed by atoms with E-state index < -0.39 is 0 Å². The third kappa shape index (κ3) is 3.39. The molecule has 5 nitrogen and oxygen atoms in total. The topological polar surface area (TPSA) is 78.9 Å². The molecule has 2 fully saturated rings. The van der Waals surface area contributed by atoms with Gasteiger partial charge >= 0.3 is 0 Å². The maximum absolute atomic E-state index is 12.3. The van der Waals surface area contributed by atoms with Crippen LogP contribution < -0.4 is 5.73 Å². The monoisotopic (exact) mass is 267 g/mol. The van der Waals surface area contributed by atoms with Crippen LogP contribution in [0.25, 0.3) is 0 Å². The standard InChI is InChI=1S/C14H25N3O2/c1-2-17(6-5-13(15)16-19)14(18)9-12-8-10-3-4-11(12)7-10/h10-12,19H,2-9H2,1H3,(H2,15,16). The van der Waals surface area contributed by atoms with Crippen molar-refractivity contribution in [2.45, 2.75) is 45.4 Å². The second-order valence-corrected chi connectivity index (χ2v) is 5.95. The van der Waals surface area contributed by atoms with Crippen molar-refractivity contribution in [1.29, 1.82) is 0 Å². The molecular formula is C14H25N3O2. The Balaban J connectivity index is 1.80. The molecule has 3 atom stereocenters. The molecular weight excluding hydrogens is 242 g/mol. The number of hydrogen-bond donors (Lipinski definition) is 2. The van der Waals surface area contributed by atoms with Gasteiger partial charge in [-0.3, -0.25) is 4.79 Å². The van der Waals surface area contributed by atoms with Gasteiger partial charge < -0.3 is 15.8 Å². The number of fused-ring (bicyclic) bond motifs is 2. The molecule has 0 aliphatic heterocycles. The van der Waals surface area contributed by atoms with Crippen molar-refractivity contribution in [2.24, 2.45) is 28.6 Å². The lowest BCUT2D eigenvalue weighted by molar-refractivity contribution is -0.132. The van der Waals surface area contributed by atoms with Crippen LogP contribution in [0, 0.1) is 17.8 Å². The average Bonchev–Trinajstić information content (AvgIpc) is 3.01. The number of oxime groups is 1. The fraction of sp³-hybridized carbons (Fsp3) is 0.857. The Bertz CT molecular complexity index is 357. The van der Waals surface area contributed by atoms with Crippen LogP contribution in [0.4, 0.5) is 0 Å². The van der Waals surface area contributed by atoms with Crippen molar-refractivity contribution >= 4 is 11.7 Å². The van der Waals surface area contributed by atoms with Crippen LogP contribution in [0.2, 0.25) is 0 Å². The van der Waals surface area contributed by atoms with Gasteiger partial charge in [-0.2, -0.15) is 0 Å². The first kappa shape index (κ1) is 14.2. The Morgan fingerprint density at radius 1 is 1.42 bits per heavy atom. The van der Waals surface area contributed by atoms with Gasteiger partial charge in [-0.15, -0.1) is 0 Å². The highest BCUT2D eigenvalue weighted by molar-refractivity contribution is 5.81. The van der Waals surface area contributed by atoms with E-state index in [0.717, 1.165) is 11.8 Å². The average molecular weight is 267 g/mol. The summed E-state index contributed by atoms with van der Waals surface area (Å²) in [5.41, 5.74) is 5.45. The first-order valence-corrected chi connectivity index (χ1v) is 7.38. The van der Waals surface area contributed by atoms with E-state index in [1.54, 1.807) is 0 Å². The highest BCUT2D eigenvalue weighted by Gasteiger charge is 2.40. The molecule has 3 unspecified atom stereocenters. The fourth-order valence-electron chi connectivity index (χ4n) is 3.74. The molecule has 0 saturated heterocycles. The largest absolute Gasteiger partial charge is 0.409 e. The van der Waals surface area contributed by atoms with Crippen LogP contribution in [-0.4, -0.2) is 34.9 Å². The molecule has 3 N–H and O–H groups in total. The SMILES string of the molecule is CCN(CCC(N)=NO)C(=O)CC1CC2CCC1C2. The fourth-order valence-corrected chi connectivity index (χ4v) is 3.74. The summed E-state index contributed by atoms with van der Waals surface area (Å²) in [4.78, 5) is 14.1. The summed E-state index contributed by atoms with van der Waals surface area (Å²) in [6.07, 6.45) is 6.40.